The van der Waals surface area contributed by atoms with Crippen molar-refractivity contribution in [3.05, 3.63) is 77.0 Å². The summed E-state index contributed by atoms with van der Waals surface area (Å²) in [6.07, 6.45) is 1.49. The van der Waals surface area contributed by atoms with Crippen LogP contribution in [0.15, 0.2) is 60.3 Å². The zero-order valence-corrected chi connectivity index (χ0v) is 13.1. The first-order valence-corrected chi connectivity index (χ1v) is 7.55. The molecule has 0 saturated carbocycles. The lowest BCUT2D eigenvalue weighted by atomic mass is 10.1. The summed E-state index contributed by atoms with van der Waals surface area (Å²) in [7, 11) is 0. The molecule has 5 heteroatoms. The fraction of sp³-hybridized carbons (Fsp3) is 0.105. The van der Waals surface area contributed by atoms with Gasteiger partial charge >= 0.3 is 5.97 Å². The Labute approximate surface area is 139 Å². The van der Waals surface area contributed by atoms with Gasteiger partial charge in [-0.25, -0.2) is 9.69 Å². The number of fused-ring (bicyclic) bond motifs is 1. The number of rotatable bonds is 4. The highest BCUT2D eigenvalue weighted by atomic mass is 16.5. The molecule has 1 heterocycles. The minimum absolute atomic E-state index is 0.0887. The molecule has 0 fully saturated rings. The Morgan fingerprint density at radius 2 is 1.50 bits per heavy atom. The van der Waals surface area contributed by atoms with E-state index in [1.165, 1.54) is 6.08 Å². The number of amides is 2. The van der Waals surface area contributed by atoms with Crippen molar-refractivity contribution in [2.45, 2.75) is 6.92 Å². The monoisotopic (exact) mass is 321 g/mol. The summed E-state index contributed by atoms with van der Waals surface area (Å²) in [5, 5.41) is 0. The van der Waals surface area contributed by atoms with Crippen LogP contribution >= 0.6 is 0 Å². The molecule has 5 nitrogen and oxygen atoms in total. The third-order valence-electron chi connectivity index (χ3n) is 3.62. The molecule has 2 aromatic rings. The molecule has 1 aliphatic rings. The van der Waals surface area contributed by atoms with Gasteiger partial charge < -0.3 is 4.74 Å². The Bertz CT molecular complexity index is 804. The van der Waals surface area contributed by atoms with Crippen molar-refractivity contribution in [3.63, 3.8) is 0 Å². The van der Waals surface area contributed by atoms with Gasteiger partial charge in [-0.05, 0) is 30.7 Å². The summed E-state index contributed by atoms with van der Waals surface area (Å²) in [5.74, 6) is -1.76. The molecule has 0 bridgehead atoms. The van der Waals surface area contributed by atoms with Crippen molar-refractivity contribution in [2.24, 2.45) is 0 Å². The van der Waals surface area contributed by atoms with Gasteiger partial charge in [0.15, 0.2) is 0 Å². The van der Waals surface area contributed by atoms with E-state index in [1.54, 1.807) is 55.5 Å². The average molecular weight is 321 g/mol. The second kappa shape index (κ2) is 6.50. The maximum absolute atomic E-state index is 12.6. The van der Waals surface area contributed by atoms with Crippen LogP contribution in [0.5, 0.6) is 0 Å². The SMILES string of the molecule is CCOC(=O)/C(=C/c1ccccc1)N1C(=O)c2ccccc2C1=O. The maximum Gasteiger partial charge on any atom is 0.355 e. The van der Waals surface area contributed by atoms with Crippen molar-refractivity contribution in [2.75, 3.05) is 6.61 Å². The third kappa shape index (κ3) is 2.72. The Morgan fingerprint density at radius 3 is 2.04 bits per heavy atom. The van der Waals surface area contributed by atoms with Crippen LogP contribution in [-0.4, -0.2) is 29.3 Å². The molecule has 24 heavy (non-hydrogen) atoms. The Morgan fingerprint density at radius 1 is 0.958 bits per heavy atom. The van der Waals surface area contributed by atoms with Crippen molar-refractivity contribution in [1.29, 1.82) is 0 Å². The average Bonchev–Trinajstić information content (AvgIpc) is 2.86. The molecule has 0 aliphatic carbocycles. The lowest BCUT2D eigenvalue weighted by Gasteiger charge is -2.16. The summed E-state index contributed by atoms with van der Waals surface area (Å²) in [6.45, 7) is 1.81. The van der Waals surface area contributed by atoms with E-state index in [1.807, 2.05) is 6.07 Å². The van der Waals surface area contributed by atoms with E-state index in [4.69, 9.17) is 4.74 Å². The largest absolute Gasteiger partial charge is 0.461 e. The van der Waals surface area contributed by atoms with Gasteiger partial charge in [0, 0.05) is 0 Å². The quantitative estimate of drug-likeness (QED) is 0.493. The number of hydrogen-bond donors (Lipinski definition) is 0. The normalized spacial score (nSPS) is 13.9. The highest BCUT2D eigenvalue weighted by Crippen LogP contribution is 2.27. The van der Waals surface area contributed by atoms with Crippen LogP contribution in [0.2, 0.25) is 0 Å². The van der Waals surface area contributed by atoms with Crippen molar-refractivity contribution >= 4 is 23.9 Å². The zero-order chi connectivity index (χ0) is 17.1. The molecule has 120 valence electrons. The van der Waals surface area contributed by atoms with E-state index in [0.717, 1.165) is 4.90 Å². The number of carbonyl (C=O) groups is 3. The molecule has 0 spiro atoms. The first-order valence-electron chi connectivity index (χ1n) is 7.55. The Kier molecular flexibility index (Phi) is 4.24. The molecule has 3 rings (SSSR count). The molecule has 0 unspecified atom stereocenters. The predicted molar refractivity (Wildman–Crippen MR) is 88.0 cm³/mol. The first-order chi connectivity index (χ1) is 11.6. The lowest BCUT2D eigenvalue weighted by Crippen LogP contribution is -2.33. The third-order valence-corrected chi connectivity index (χ3v) is 3.62. The van der Waals surface area contributed by atoms with Crippen LogP contribution in [0.4, 0.5) is 0 Å². The van der Waals surface area contributed by atoms with Crippen LogP contribution in [0.1, 0.15) is 33.2 Å². The molecule has 2 aromatic carbocycles. The van der Waals surface area contributed by atoms with Gasteiger partial charge in [0.1, 0.15) is 5.70 Å². The first kappa shape index (κ1) is 15.7. The van der Waals surface area contributed by atoms with E-state index in [2.05, 4.69) is 0 Å². The number of benzene rings is 2. The van der Waals surface area contributed by atoms with Gasteiger partial charge in [-0.2, -0.15) is 0 Å². The van der Waals surface area contributed by atoms with Crippen LogP contribution < -0.4 is 0 Å². The number of hydrogen-bond acceptors (Lipinski definition) is 4. The molecule has 1 aliphatic heterocycles. The van der Waals surface area contributed by atoms with Crippen LogP contribution in [0.25, 0.3) is 6.08 Å². The topological polar surface area (TPSA) is 63.7 Å². The number of ether oxygens (including phenoxy) is 1. The van der Waals surface area contributed by atoms with Crippen LogP contribution in [0.3, 0.4) is 0 Å². The van der Waals surface area contributed by atoms with E-state index in [-0.39, 0.29) is 23.4 Å². The summed E-state index contributed by atoms with van der Waals surface area (Å²) >= 11 is 0. The van der Waals surface area contributed by atoms with Gasteiger partial charge in [-0.1, -0.05) is 42.5 Å². The van der Waals surface area contributed by atoms with Gasteiger partial charge in [0.25, 0.3) is 11.8 Å². The number of carbonyl (C=O) groups excluding carboxylic acids is 3. The van der Waals surface area contributed by atoms with Crippen molar-refractivity contribution in [1.82, 2.24) is 4.90 Å². The highest BCUT2D eigenvalue weighted by Gasteiger charge is 2.40. The molecule has 0 N–H and O–H groups in total. The van der Waals surface area contributed by atoms with E-state index in [9.17, 15) is 14.4 Å². The lowest BCUT2D eigenvalue weighted by molar-refractivity contribution is -0.139. The molecular formula is C19H15NO4. The Balaban J connectivity index is 2.07. The Hall–Kier alpha value is -3.21. The molecule has 0 atom stereocenters. The standard InChI is InChI=1S/C19H15NO4/c1-2-24-19(23)16(12-13-8-4-3-5-9-13)20-17(21)14-10-6-7-11-15(14)18(20)22/h3-12H,2H2,1H3/b16-12-. The second-order valence-electron chi connectivity index (χ2n) is 5.15. The number of nitrogens with zero attached hydrogens (tertiary/aromatic N) is 1. The summed E-state index contributed by atoms with van der Waals surface area (Å²) in [4.78, 5) is 38.4. The minimum atomic E-state index is -0.712. The predicted octanol–water partition coefficient (Wildman–Crippen LogP) is 2.89. The molecular weight excluding hydrogens is 306 g/mol. The highest BCUT2D eigenvalue weighted by molar-refractivity contribution is 6.25. The molecule has 0 saturated heterocycles. The van der Waals surface area contributed by atoms with E-state index >= 15 is 0 Å². The van der Waals surface area contributed by atoms with Gasteiger partial charge in [-0.3, -0.25) is 9.59 Å². The van der Waals surface area contributed by atoms with Gasteiger partial charge in [0.2, 0.25) is 0 Å². The number of imide groups is 1. The zero-order valence-electron chi connectivity index (χ0n) is 13.1. The molecule has 2 amide bonds. The van der Waals surface area contributed by atoms with Gasteiger partial charge in [-0.15, -0.1) is 0 Å². The van der Waals surface area contributed by atoms with Crippen molar-refractivity contribution in [3.8, 4) is 0 Å². The van der Waals surface area contributed by atoms with Crippen molar-refractivity contribution < 1.29 is 19.1 Å². The fourth-order valence-electron chi connectivity index (χ4n) is 2.53. The maximum atomic E-state index is 12.6. The minimum Gasteiger partial charge on any atom is -0.461 e. The summed E-state index contributed by atoms with van der Waals surface area (Å²) in [6, 6.07) is 15.5. The smallest absolute Gasteiger partial charge is 0.355 e. The summed E-state index contributed by atoms with van der Waals surface area (Å²) < 4.78 is 5.03. The van der Waals surface area contributed by atoms with Gasteiger partial charge in [0.05, 0.1) is 17.7 Å². The van der Waals surface area contributed by atoms with Crippen LogP contribution in [-0.2, 0) is 9.53 Å². The van der Waals surface area contributed by atoms with E-state index < -0.39 is 17.8 Å². The molecule has 0 aromatic heterocycles. The summed E-state index contributed by atoms with van der Waals surface area (Å²) in [5.41, 5.74) is 1.17. The fourth-order valence-corrected chi connectivity index (χ4v) is 2.53. The van der Waals surface area contributed by atoms with E-state index in [0.29, 0.717) is 5.56 Å². The molecule has 0 radical (unpaired) electrons. The second-order valence-corrected chi connectivity index (χ2v) is 5.15. The van der Waals surface area contributed by atoms with Crippen LogP contribution in [0, 0.1) is 0 Å². The number of esters is 1.